The Bertz CT molecular complexity index is 835. The zero-order valence-corrected chi connectivity index (χ0v) is 12.2. The fourth-order valence-electron chi connectivity index (χ4n) is 2.23. The molecule has 2 aromatic carbocycles. The lowest BCUT2D eigenvalue weighted by molar-refractivity contribution is 0.103. The Hall–Kier alpha value is -2.65. The van der Waals surface area contributed by atoms with Crippen LogP contribution in [0.5, 0.6) is 0 Å². The SMILES string of the molecule is O=Cc1ccc(-c2ccc(Cl)cc2C(=O)c2ccccc2)o1. The molecule has 0 amide bonds. The van der Waals surface area contributed by atoms with Crippen molar-refractivity contribution >= 4 is 23.7 Å². The van der Waals surface area contributed by atoms with Crippen LogP contribution in [0.4, 0.5) is 0 Å². The molecule has 0 atom stereocenters. The van der Waals surface area contributed by atoms with Gasteiger partial charge in [-0.2, -0.15) is 0 Å². The minimum absolute atomic E-state index is 0.151. The van der Waals surface area contributed by atoms with Gasteiger partial charge in [0.2, 0.25) is 0 Å². The molecule has 0 spiro atoms. The van der Waals surface area contributed by atoms with Crippen molar-refractivity contribution in [2.45, 2.75) is 0 Å². The molecule has 0 radical (unpaired) electrons. The van der Waals surface area contributed by atoms with E-state index in [9.17, 15) is 9.59 Å². The first kappa shape index (κ1) is 14.3. The van der Waals surface area contributed by atoms with Crippen LogP contribution in [0.2, 0.25) is 5.02 Å². The molecular weight excluding hydrogens is 300 g/mol. The average molecular weight is 311 g/mol. The number of carbonyl (C=O) groups excluding carboxylic acids is 2. The highest BCUT2D eigenvalue weighted by Crippen LogP contribution is 2.29. The fraction of sp³-hybridized carbons (Fsp3) is 0. The minimum atomic E-state index is -0.151. The van der Waals surface area contributed by atoms with Crippen molar-refractivity contribution in [3.63, 3.8) is 0 Å². The van der Waals surface area contributed by atoms with Gasteiger partial charge in [0.15, 0.2) is 17.8 Å². The Labute approximate surface area is 132 Å². The monoisotopic (exact) mass is 310 g/mol. The number of benzene rings is 2. The number of aldehydes is 1. The molecule has 0 unspecified atom stereocenters. The van der Waals surface area contributed by atoms with Gasteiger partial charge < -0.3 is 4.42 Å². The second-order valence-electron chi connectivity index (χ2n) is 4.70. The maximum Gasteiger partial charge on any atom is 0.193 e. The van der Waals surface area contributed by atoms with Gasteiger partial charge in [0.1, 0.15) is 5.76 Å². The first-order chi connectivity index (χ1) is 10.7. The molecule has 0 fully saturated rings. The summed E-state index contributed by atoms with van der Waals surface area (Å²) in [5.41, 5.74) is 1.60. The summed E-state index contributed by atoms with van der Waals surface area (Å²) < 4.78 is 5.42. The van der Waals surface area contributed by atoms with Crippen LogP contribution in [0.15, 0.2) is 65.1 Å². The summed E-state index contributed by atoms with van der Waals surface area (Å²) >= 11 is 6.03. The molecule has 0 aliphatic rings. The molecule has 1 aromatic heterocycles. The van der Waals surface area contributed by atoms with Crippen LogP contribution in [-0.2, 0) is 0 Å². The summed E-state index contributed by atoms with van der Waals surface area (Å²) in [5.74, 6) is 0.517. The summed E-state index contributed by atoms with van der Waals surface area (Å²) in [6.45, 7) is 0. The minimum Gasteiger partial charge on any atom is -0.453 e. The van der Waals surface area contributed by atoms with Crippen LogP contribution in [-0.4, -0.2) is 12.1 Å². The average Bonchev–Trinajstić information content (AvgIpc) is 3.04. The maximum absolute atomic E-state index is 12.7. The third-order valence-corrected chi connectivity index (χ3v) is 3.51. The quantitative estimate of drug-likeness (QED) is 0.521. The smallest absolute Gasteiger partial charge is 0.193 e. The van der Waals surface area contributed by atoms with Crippen molar-refractivity contribution in [3.05, 3.63) is 82.6 Å². The van der Waals surface area contributed by atoms with E-state index in [0.29, 0.717) is 33.8 Å². The normalized spacial score (nSPS) is 10.4. The molecule has 3 aromatic rings. The van der Waals surface area contributed by atoms with Crippen molar-refractivity contribution in [2.24, 2.45) is 0 Å². The van der Waals surface area contributed by atoms with E-state index in [1.807, 2.05) is 6.07 Å². The molecule has 0 aliphatic carbocycles. The van der Waals surface area contributed by atoms with Gasteiger partial charge in [0.25, 0.3) is 0 Å². The van der Waals surface area contributed by atoms with E-state index in [-0.39, 0.29) is 11.5 Å². The zero-order valence-electron chi connectivity index (χ0n) is 11.5. The van der Waals surface area contributed by atoms with Crippen LogP contribution in [0, 0.1) is 0 Å². The van der Waals surface area contributed by atoms with Crippen molar-refractivity contribution in [3.8, 4) is 11.3 Å². The molecule has 3 nitrogen and oxygen atoms in total. The molecule has 1 heterocycles. The molecule has 108 valence electrons. The van der Waals surface area contributed by atoms with E-state index in [2.05, 4.69) is 0 Å². The maximum atomic E-state index is 12.7. The zero-order chi connectivity index (χ0) is 15.5. The fourth-order valence-corrected chi connectivity index (χ4v) is 2.40. The Morgan fingerprint density at radius 2 is 1.77 bits per heavy atom. The summed E-state index contributed by atoms with van der Waals surface area (Å²) in [6, 6.07) is 17.2. The number of hydrogen-bond donors (Lipinski definition) is 0. The molecule has 0 saturated carbocycles. The number of rotatable bonds is 4. The van der Waals surface area contributed by atoms with Gasteiger partial charge in [-0.1, -0.05) is 41.9 Å². The summed E-state index contributed by atoms with van der Waals surface area (Å²) in [5, 5.41) is 0.463. The van der Waals surface area contributed by atoms with Crippen molar-refractivity contribution < 1.29 is 14.0 Å². The topological polar surface area (TPSA) is 47.3 Å². The highest BCUT2D eigenvalue weighted by molar-refractivity contribution is 6.31. The third-order valence-electron chi connectivity index (χ3n) is 3.27. The molecule has 3 rings (SSSR count). The molecule has 0 bridgehead atoms. The van der Waals surface area contributed by atoms with Gasteiger partial charge in [-0.15, -0.1) is 0 Å². The second-order valence-corrected chi connectivity index (χ2v) is 5.14. The molecular formula is C18H11ClO3. The van der Waals surface area contributed by atoms with Gasteiger partial charge in [-0.3, -0.25) is 9.59 Å². The molecule has 0 aliphatic heterocycles. The van der Waals surface area contributed by atoms with Gasteiger partial charge >= 0.3 is 0 Å². The van der Waals surface area contributed by atoms with E-state index < -0.39 is 0 Å². The van der Waals surface area contributed by atoms with E-state index in [0.717, 1.165) is 0 Å². The molecule has 0 saturated heterocycles. The molecule has 22 heavy (non-hydrogen) atoms. The predicted octanol–water partition coefficient (Wildman–Crippen LogP) is 4.64. The number of carbonyl (C=O) groups is 2. The van der Waals surface area contributed by atoms with Crippen LogP contribution in [0.3, 0.4) is 0 Å². The van der Waals surface area contributed by atoms with Crippen LogP contribution < -0.4 is 0 Å². The lowest BCUT2D eigenvalue weighted by Gasteiger charge is -2.07. The Balaban J connectivity index is 2.12. The lowest BCUT2D eigenvalue weighted by atomic mass is 9.97. The van der Waals surface area contributed by atoms with Gasteiger partial charge in [0.05, 0.1) is 0 Å². The first-order valence-corrected chi connectivity index (χ1v) is 7.01. The van der Waals surface area contributed by atoms with E-state index >= 15 is 0 Å². The van der Waals surface area contributed by atoms with E-state index in [1.165, 1.54) is 0 Å². The third kappa shape index (κ3) is 2.71. The van der Waals surface area contributed by atoms with Crippen molar-refractivity contribution in [1.82, 2.24) is 0 Å². The highest BCUT2D eigenvalue weighted by Gasteiger charge is 2.17. The van der Waals surface area contributed by atoms with Crippen LogP contribution in [0.1, 0.15) is 26.5 Å². The van der Waals surface area contributed by atoms with Crippen LogP contribution >= 0.6 is 11.6 Å². The Morgan fingerprint density at radius 1 is 1.00 bits per heavy atom. The molecule has 4 heteroatoms. The number of furan rings is 1. The Kier molecular flexibility index (Phi) is 3.90. The Morgan fingerprint density at radius 3 is 2.45 bits per heavy atom. The first-order valence-electron chi connectivity index (χ1n) is 6.64. The summed E-state index contributed by atoms with van der Waals surface area (Å²) in [7, 11) is 0. The predicted molar refractivity (Wildman–Crippen MR) is 84.4 cm³/mol. The van der Waals surface area contributed by atoms with Crippen molar-refractivity contribution in [2.75, 3.05) is 0 Å². The number of ketones is 1. The number of hydrogen-bond acceptors (Lipinski definition) is 3. The largest absolute Gasteiger partial charge is 0.453 e. The number of halogens is 1. The van der Waals surface area contributed by atoms with E-state index in [4.69, 9.17) is 16.0 Å². The van der Waals surface area contributed by atoms with Crippen molar-refractivity contribution in [1.29, 1.82) is 0 Å². The van der Waals surface area contributed by atoms with E-state index in [1.54, 1.807) is 54.6 Å². The van der Waals surface area contributed by atoms with Gasteiger partial charge in [-0.05, 0) is 30.3 Å². The summed E-state index contributed by atoms with van der Waals surface area (Å²) in [6.07, 6.45) is 0.623. The standard InChI is InChI=1S/C18H11ClO3/c19-13-6-8-15(17-9-7-14(11-20)22-17)16(10-13)18(21)12-4-2-1-3-5-12/h1-11H. The highest BCUT2D eigenvalue weighted by atomic mass is 35.5. The molecule has 0 N–H and O–H groups in total. The lowest BCUT2D eigenvalue weighted by Crippen LogP contribution is -2.03. The second kappa shape index (κ2) is 6.00. The van der Waals surface area contributed by atoms with Crippen LogP contribution in [0.25, 0.3) is 11.3 Å². The van der Waals surface area contributed by atoms with Gasteiger partial charge in [0, 0.05) is 21.7 Å². The summed E-state index contributed by atoms with van der Waals surface area (Å²) in [4.78, 5) is 23.5. The van der Waals surface area contributed by atoms with Gasteiger partial charge in [-0.25, -0.2) is 0 Å².